The number of nitrogens with one attached hydrogen (secondary N) is 1. The first-order chi connectivity index (χ1) is 11.8. The topological polar surface area (TPSA) is 49.4 Å². The van der Waals surface area contributed by atoms with Crippen LogP contribution in [0.15, 0.2) is 42.5 Å². The maximum absolute atomic E-state index is 12.5. The Morgan fingerprint density at radius 1 is 1.12 bits per heavy atom. The summed E-state index contributed by atoms with van der Waals surface area (Å²) in [5, 5.41) is 2.89. The fourth-order valence-electron chi connectivity index (χ4n) is 2.69. The molecule has 0 aromatic heterocycles. The third-order valence-corrected chi connectivity index (χ3v) is 4.50. The van der Waals surface area contributed by atoms with E-state index in [-0.39, 0.29) is 17.7 Å². The number of anilines is 1. The highest BCUT2D eigenvalue weighted by Gasteiger charge is 2.19. The van der Waals surface area contributed by atoms with Crippen molar-refractivity contribution < 1.29 is 9.59 Å². The second-order valence-electron chi connectivity index (χ2n) is 6.65. The lowest BCUT2D eigenvalue weighted by Gasteiger charge is -2.25. The molecule has 0 heterocycles. The summed E-state index contributed by atoms with van der Waals surface area (Å²) in [5.74, 6) is -0.107. The van der Waals surface area contributed by atoms with Gasteiger partial charge in [-0.3, -0.25) is 14.5 Å². The van der Waals surface area contributed by atoms with E-state index in [1.54, 1.807) is 24.3 Å². The summed E-state index contributed by atoms with van der Waals surface area (Å²) in [6, 6.07) is 13.1. The standard InChI is InChI=1S/C21H26N2O2/c1-14-9-10-19(15(2)11-14)13-23(5)16(3)21(25)22-20-8-6-7-18(12-20)17(4)24/h6-12,16H,13H2,1-5H3,(H,22,25). The molecule has 0 spiro atoms. The maximum atomic E-state index is 12.5. The molecule has 4 nitrogen and oxygen atoms in total. The quantitative estimate of drug-likeness (QED) is 0.811. The van der Waals surface area contributed by atoms with Gasteiger partial charge in [-0.25, -0.2) is 0 Å². The van der Waals surface area contributed by atoms with Crippen LogP contribution in [-0.2, 0) is 11.3 Å². The number of hydrogen-bond acceptors (Lipinski definition) is 3. The highest BCUT2D eigenvalue weighted by atomic mass is 16.2. The van der Waals surface area contributed by atoms with Gasteiger partial charge in [-0.15, -0.1) is 0 Å². The molecule has 2 aromatic rings. The molecule has 0 saturated carbocycles. The number of nitrogens with zero attached hydrogens (tertiary/aromatic N) is 1. The predicted octanol–water partition coefficient (Wildman–Crippen LogP) is 3.97. The minimum Gasteiger partial charge on any atom is -0.325 e. The lowest BCUT2D eigenvalue weighted by molar-refractivity contribution is -0.120. The summed E-state index contributed by atoms with van der Waals surface area (Å²) in [4.78, 5) is 26.0. The number of carbonyl (C=O) groups is 2. The van der Waals surface area contributed by atoms with E-state index in [0.29, 0.717) is 17.8 Å². The van der Waals surface area contributed by atoms with Gasteiger partial charge in [-0.1, -0.05) is 35.9 Å². The Labute approximate surface area is 149 Å². The number of Topliss-reactive ketones (excluding diaryl/α,β-unsaturated/α-hetero) is 1. The third kappa shape index (κ3) is 5.00. The molecule has 0 aliphatic rings. The van der Waals surface area contributed by atoms with Crippen molar-refractivity contribution in [3.05, 3.63) is 64.7 Å². The minimum atomic E-state index is -0.290. The first-order valence-electron chi connectivity index (χ1n) is 8.46. The van der Waals surface area contributed by atoms with Crippen LogP contribution in [0.5, 0.6) is 0 Å². The molecule has 2 aromatic carbocycles. The number of rotatable bonds is 6. The van der Waals surface area contributed by atoms with Gasteiger partial charge in [0.2, 0.25) is 5.91 Å². The van der Waals surface area contributed by atoms with Crippen molar-refractivity contribution in [2.24, 2.45) is 0 Å². The second kappa shape index (κ2) is 8.08. The summed E-state index contributed by atoms with van der Waals surface area (Å²) in [6.45, 7) is 8.27. The Bertz CT molecular complexity index is 783. The van der Waals surface area contributed by atoms with Crippen molar-refractivity contribution in [2.75, 3.05) is 12.4 Å². The van der Waals surface area contributed by atoms with Gasteiger partial charge in [0.15, 0.2) is 5.78 Å². The number of benzene rings is 2. The van der Waals surface area contributed by atoms with Crippen LogP contribution in [0, 0.1) is 13.8 Å². The van der Waals surface area contributed by atoms with Crippen LogP contribution in [0.1, 0.15) is 40.9 Å². The normalized spacial score (nSPS) is 12.1. The van der Waals surface area contributed by atoms with Gasteiger partial charge in [0.05, 0.1) is 6.04 Å². The highest BCUT2D eigenvalue weighted by molar-refractivity contribution is 5.98. The van der Waals surface area contributed by atoms with Crippen molar-refractivity contribution in [3.63, 3.8) is 0 Å². The van der Waals surface area contributed by atoms with Gasteiger partial charge < -0.3 is 5.32 Å². The van der Waals surface area contributed by atoms with E-state index in [2.05, 4.69) is 37.4 Å². The summed E-state index contributed by atoms with van der Waals surface area (Å²) in [6.07, 6.45) is 0. The summed E-state index contributed by atoms with van der Waals surface area (Å²) >= 11 is 0. The number of amides is 1. The van der Waals surface area contributed by atoms with E-state index < -0.39 is 0 Å². The lowest BCUT2D eigenvalue weighted by atomic mass is 10.0. The predicted molar refractivity (Wildman–Crippen MR) is 102 cm³/mol. The van der Waals surface area contributed by atoms with E-state index >= 15 is 0 Å². The molecule has 132 valence electrons. The Kier molecular flexibility index (Phi) is 6.10. The lowest BCUT2D eigenvalue weighted by Crippen LogP contribution is -2.39. The van der Waals surface area contributed by atoms with Crippen LogP contribution in [0.3, 0.4) is 0 Å². The largest absolute Gasteiger partial charge is 0.325 e. The van der Waals surface area contributed by atoms with Crippen LogP contribution < -0.4 is 5.32 Å². The van der Waals surface area contributed by atoms with Gasteiger partial charge in [0, 0.05) is 17.8 Å². The summed E-state index contributed by atoms with van der Waals surface area (Å²) in [7, 11) is 1.94. The zero-order valence-corrected chi connectivity index (χ0v) is 15.6. The smallest absolute Gasteiger partial charge is 0.241 e. The summed E-state index contributed by atoms with van der Waals surface area (Å²) < 4.78 is 0. The number of hydrogen-bond donors (Lipinski definition) is 1. The monoisotopic (exact) mass is 338 g/mol. The van der Waals surface area contributed by atoms with Gasteiger partial charge in [-0.2, -0.15) is 0 Å². The van der Waals surface area contributed by atoms with Gasteiger partial charge in [-0.05, 0) is 58.0 Å². The molecule has 1 unspecified atom stereocenters. The third-order valence-electron chi connectivity index (χ3n) is 4.50. The van der Waals surface area contributed by atoms with Gasteiger partial charge in [0.25, 0.3) is 0 Å². The fraction of sp³-hybridized carbons (Fsp3) is 0.333. The average molecular weight is 338 g/mol. The second-order valence-corrected chi connectivity index (χ2v) is 6.65. The van der Waals surface area contributed by atoms with E-state index in [4.69, 9.17) is 0 Å². The first-order valence-corrected chi connectivity index (χ1v) is 8.46. The molecule has 25 heavy (non-hydrogen) atoms. The van der Waals surface area contributed by atoms with Crippen molar-refractivity contribution >= 4 is 17.4 Å². The van der Waals surface area contributed by atoms with E-state index in [9.17, 15) is 9.59 Å². The average Bonchev–Trinajstić information content (AvgIpc) is 2.56. The number of ketones is 1. The minimum absolute atomic E-state index is 0.0175. The molecule has 0 bridgehead atoms. The Morgan fingerprint density at radius 3 is 2.48 bits per heavy atom. The van der Waals surface area contributed by atoms with Crippen molar-refractivity contribution in [3.8, 4) is 0 Å². The number of aryl methyl sites for hydroxylation is 2. The fourth-order valence-corrected chi connectivity index (χ4v) is 2.69. The molecular weight excluding hydrogens is 312 g/mol. The van der Waals surface area contributed by atoms with Gasteiger partial charge >= 0.3 is 0 Å². The Balaban J connectivity index is 2.03. The van der Waals surface area contributed by atoms with Crippen LogP contribution in [0.2, 0.25) is 0 Å². The van der Waals surface area contributed by atoms with Gasteiger partial charge in [0.1, 0.15) is 0 Å². The molecule has 1 amide bonds. The Hall–Kier alpha value is -2.46. The zero-order valence-electron chi connectivity index (χ0n) is 15.6. The van der Waals surface area contributed by atoms with Crippen LogP contribution in [0.25, 0.3) is 0 Å². The van der Waals surface area contributed by atoms with E-state index in [0.717, 1.165) is 0 Å². The first kappa shape index (κ1) is 18.9. The van der Waals surface area contributed by atoms with Crippen LogP contribution >= 0.6 is 0 Å². The summed E-state index contributed by atoms with van der Waals surface area (Å²) in [5.41, 5.74) is 4.92. The number of likely N-dealkylation sites (N-methyl/N-ethyl adjacent to an activating group) is 1. The molecular formula is C21H26N2O2. The molecule has 1 atom stereocenters. The van der Waals surface area contributed by atoms with Crippen molar-refractivity contribution in [2.45, 2.75) is 40.3 Å². The SMILES string of the molecule is CC(=O)c1cccc(NC(=O)C(C)N(C)Cc2ccc(C)cc2C)c1. The van der Waals surface area contributed by atoms with Crippen molar-refractivity contribution in [1.29, 1.82) is 0 Å². The molecule has 1 N–H and O–H groups in total. The van der Waals surface area contributed by atoms with Crippen LogP contribution in [0.4, 0.5) is 5.69 Å². The maximum Gasteiger partial charge on any atom is 0.241 e. The Morgan fingerprint density at radius 2 is 1.84 bits per heavy atom. The molecule has 0 aliphatic carbocycles. The molecule has 0 aliphatic heterocycles. The number of carbonyl (C=O) groups excluding carboxylic acids is 2. The molecule has 0 fully saturated rings. The molecule has 0 radical (unpaired) electrons. The van der Waals surface area contributed by atoms with Crippen LogP contribution in [-0.4, -0.2) is 29.7 Å². The highest BCUT2D eigenvalue weighted by Crippen LogP contribution is 2.16. The van der Waals surface area contributed by atoms with Crippen molar-refractivity contribution in [1.82, 2.24) is 4.90 Å². The molecule has 4 heteroatoms. The molecule has 0 saturated heterocycles. The molecule has 2 rings (SSSR count). The van der Waals surface area contributed by atoms with E-state index in [1.807, 2.05) is 18.9 Å². The van der Waals surface area contributed by atoms with E-state index in [1.165, 1.54) is 23.6 Å². The zero-order chi connectivity index (χ0) is 18.6.